The highest BCUT2D eigenvalue weighted by Crippen LogP contribution is 2.33. The molecular weight excluding hydrogens is 504 g/mol. The van der Waals surface area contributed by atoms with Crippen molar-refractivity contribution < 1.29 is 9.53 Å². The van der Waals surface area contributed by atoms with Gasteiger partial charge < -0.3 is 4.74 Å². The zero-order chi connectivity index (χ0) is 10.6. The number of carbonyl (C=O) groups excluding carboxylic acids is 1. The van der Waals surface area contributed by atoms with Gasteiger partial charge in [-0.3, -0.25) is 4.79 Å². The van der Waals surface area contributed by atoms with E-state index < -0.39 is 6.10 Å². The van der Waals surface area contributed by atoms with Crippen LogP contribution in [0.5, 0.6) is 0 Å². The van der Waals surface area contributed by atoms with Gasteiger partial charge in [0.1, 0.15) is 3.74 Å². The Morgan fingerprint density at radius 3 is 1.92 bits per heavy atom. The fourth-order valence-corrected chi connectivity index (χ4v) is 2.76. The number of hydrogen-bond acceptors (Lipinski definition) is 2. The van der Waals surface area contributed by atoms with Crippen LogP contribution in [0.25, 0.3) is 0 Å². The van der Waals surface area contributed by atoms with E-state index in [1.807, 2.05) is 0 Å². The normalized spacial score (nSPS) is 12.5. The van der Waals surface area contributed by atoms with Gasteiger partial charge in [-0.25, -0.2) is 0 Å². The van der Waals surface area contributed by atoms with Gasteiger partial charge in [0, 0.05) is 6.92 Å². The van der Waals surface area contributed by atoms with Crippen LogP contribution in [0, 0.1) is 0 Å². The van der Waals surface area contributed by atoms with Gasteiger partial charge in [0.05, 0.1) is 7.87 Å². The molecule has 0 aliphatic heterocycles. The van der Waals surface area contributed by atoms with Gasteiger partial charge in [0.15, 0.2) is 6.10 Å². The summed E-state index contributed by atoms with van der Waals surface area (Å²) < 4.78 is 6.30. The van der Waals surface area contributed by atoms with Crippen molar-refractivity contribution in [3.8, 4) is 0 Å². The monoisotopic (exact) mass is 504 g/mol. The molecule has 0 aliphatic carbocycles. The third-order valence-electron chi connectivity index (χ3n) is 0.952. The first-order valence-electron chi connectivity index (χ1n) is 3.02. The number of alkyl halides is 2. The SMILES string of the molecule is CC(=O)O[C@@H](C(Br)=C(Br)Br)C(Br)Br. The summed E-state index contributed by atoms with van der Waals surface area (Å²) in [5.41, 5.74) is 0. The molecule has 0 radical (unpaired) electrons. The van der Waals surface area contributed by atoms with E-state index in [1.165, 1.54) is 6.92 Å². The van der Waals surface area contributed by atoms with E-state index in [2.05, 4.69) is 79.6 Å². The molecule has 7 heteroatoms. The van der Waals surface area contributed by atoms with Gasteiger partial charge in [-0.1, -0.05) is 31.9 Å². The van der Waals surface area contributed by atoms with E-state index in [1.54, 1.807) is 0 Å². The van der Waals surface area contributed by atoms with Crippen LogP contribution in [0.2, 0.25) is 0 Å². The lowest BCUT2D eigenvalue weighted by Gasteiger charge is -2.18. The molecule has 0 aromatic carbocycles. The number of rotatable bonds is 3. The van der Waals surface area contributed by atoms with Crippen molar-refractivity contribution in [2.24, 2.45) is 0 Å². The largest absolute Gasteiger partial charge is 0.455 e. The molecule has 0 heterocycles. The average Bonchev–Trinajstić information content (AvgIpc) is 1.97. The van der Waals surface area contributed by atoms with Crippen LogP contribution < -0.4 is 0 Å². The number of carbonyl (C=O) groups is 1. The number of ether oxygens (including phenoxy) is 1. The van der Waals surface area contributed by atoms with Gasteiger partial charge >= 0.3 is 5.97 Å². The zero-order valence-electron chi connectivity index (χ0n) is 6.36. The molecular formula is C6H5Br5O2. The van der Waals surface area contributed by atoms with Crippen molar-refractivity contribution in [2.45, 2.75) is 16.8 Å². The van der Waals surface area contributed by atoms with Crippen LogP contribution in [-0.4, -0.2) is 15.8 Å². The maximum Gasteiger partial charge on any atom is 0.303 e. The summed E-state index contributed by atoms with van der Waals surface area (Å²) in [6.07, 6.45) is -0.411. The minimum atomic E-state index is -0.411. The van der Waals surface area contributed by atoms with Crippen molar-refractivity contribution in [2.75, 3.05) is 0 Å². The van der Waals surface area contributed by atoms with E-state index in [-0.39, 0.29) is 9.71 Å². The second kappa shape index (κ2) is 6.98. The minimum Gasteiger partial charge on any atom is -0.455 e. The molecule has 1 atom stereocenters. The molecule has 0 amide bonds. The molecule has 0 bridgehead atoms. The second-order valence-electron chi connectivity index (χ2n) is 1.97. The molecule has 0 unspecified atom stereocenters. The molecule has 0 saturated heterocycles. The van der Waals surface area contributed by atoms with Crippen LogP contribution in [-0.2, 0) is 9.53 Å². The number of esters is 1. The molecule has 0 aliphatic rings. The zero-order valence-corrected chi connectivity index (χ0v) is 14.3. The highest BCUT2D eigenvalue weighted by molar-refractivity contribution is 9.29. The molecule has 76 valence electrons. The summed E-state index contributed by atoms with van der Waals surface area (Å²) in [6, 6.07) is 0. The van der Waals surface area contributed by atoms with E-state index in [0.717, 1.165) is 0 Å². The Balaban J connectivity index is 4.62. The molecule has 2 nitrogen and oxygen atoms in total. The highest BCUT2D eigenvalue weighted by Gasteiger charge is 2.24. The maximum atomic E-state index is 10.7. The number of halogens is 5. The molecule has 0 fully saturated rings. The summed E-state index contributed by atoms with van der Waals surface area (Å²) in [5.74, 6) is -0.341. The van der Waals surface area contributed by atoms with Crippen LogP contribution in [0.3, 0.4) is 0 Å². The Morgan fingerprint density at radius 2 is 1.69 bits per heavy atom. The lowest BCUT2D eigenvalue weighted by molar-refractivity contribution is -0.143. The Kier molecular flexibility index (Phi) is 7.84. The first kappa shape index (κ1) is 14.6. The highest BCUT2D eigenvalue weighted by atomic mass is 79.9. The van der Waals surface area contributed by atoms with Gasteiger partial charge in [0.2, 0.25) is 0 Å². The fraction of sp³-hybridized carbons (Fsp3) is 0.500. The van der Waals surface area contributed by atoms with E-state index in [9.17, 15) is 4.79 Å². The molecule has 0 aromatic rings. The topological polar surface area (TPSA) is 26.3 Å². The second-order valence-corrected chi connectivity index (χ2v) is 8.68. The average molecular weight is 509 g/mol. The summed E-state index contributed by atoms with van der Waals surface area (Å²) in [6.45, 7) is 1.36. The Bertz CT molecular complexity index is 221. The molecule has 0 N–H and O–H groups in total. The molecule has 0 spiro atoms. The molecule has 0 saturated carbocycles. The van der Waals surface area contributed by atoms with Gasteiger partial charge in [-0.15, -0.1) is 0 Å². The molecule has 13 heavy (non-hydrogen) atoms. The third kappa shape index (κ3) is 5.92. The van der Waals surface area contributed by atoms with Crippen molar-refractivity contribution >= 4 is 85.6 Å². The predicted octanol–water partition coefficient (Wildman–Crippen LogP) is 4.39. The fourth-order valence-electron chi connectivity index (χ4n) is 0.500. The van der Waals surface area contributed by atoms with Crippen LogP contribution in [0.15, 0.2) is 7.87 Å². The summed E-state index contributed by atoms with van der Waals surface area (Å²) in [4.78, 5) is 10.7. The summed E-state index contributed by atoms with van der Waals surface area (Å²) in [5, 5.41) is 0. The van der Waals surface area contributed by atoms with Gasteiger partial charge in [-0.05, 0) is 47.8 Å². The van der Waals surface area contributed by atoms with Crippen LogP contribution in [0.1, 0.15) is 6.92 Å². The van der Waals surface area contributed by atoms with Crippen LogP contribution in [0.4, 0.5) is 0 Å². The first-order valence-corrected chi connectivity index (χ1v) is 7.23. The lowest BCUT2D eigenvalue weighted by atomic mass is 10.4. The van der Waals surface area contributed by atoms with Crippen molar-refractivity contribution in [3.05, 3.63) is 7.87 Å². The molecule has 0 rings (SSSR count). The van der Waals surface area contributed by atoms with Crippen molar-refractivity contribution in [3.63, 3.8) is 0 Å². The third-order valence-corrected chi connectivity index (χ3v) is 4.68. The smallest absolute Gasteiger partial charge is 0.303 e. The summed E-state index contributed by atoms with van der Waals surface area (Å²) in [7, 11) is 0. The quantitative estimate of drug-likeness (QED) is 0.418. The number of hydrogen-bond donors (Lipinski definition) is 0. The Labute approximate surface area is 118 Å². The molecule has 0 aromatic heterocycles. The Hall–Kier alpha value is 1.61. The van der Waals surface area contributed by atoms with Gasteiger partial charge in [0.25, 0.3) is 0 Å². The Morgan fingerprint density at radius 1 is 1.23 bits per heavy atom. The maximum absolute atomic E-state index is 10.7. The van der Waals surface area contributed by atoms with E-state index >= 15 is 0 Å². The lowest BCUT2D eigenvalue weighted by Crippen LogP contribution is -2.22. The van der Waals surface area contributed by atoms with Crippen LogP contribution >= 0.6 is 79.6 Å². The van der Waals surface area contributed by atoms with Crippen molar-refractivity contribution in [1.29, 1.82) is 0 Å². The standard InChI is InChI=1S/C6H5Br5O2/c1-2(12)13-4(6(10)11)3(7)5(8)9/h4,6H,1H3/t4-/m0/s1. The van der Waals surface area contributed by atoms with E-state index in [0.29, 0.717) is 7.87 Å². The van der Waals surface area contributed by atoms with E-state index in [4.69, 9.17) is 4.74 Å². The van der Waals surface area contributed by atoms with Crippen molar-refractivity contribution in [1.82, 2.24) is 0 Å². The van der Waals surface area contributed by atoms with Gasteiger partial charge in [-0.2, -0.15) is 0 Å². The predicted molar refractivity (Wildman–Crippen MR) is 71.0 cm³/mol. The summed E-state index contributed by atoms with van der Waals surface area (Å²) >= 11 is 16.3. The first-order chi connectivity index (χ1) is 5.86. The minimum absolute atomic E-state index is 0.150.